The van der Waals surface area contributed by atoms with Crippen molar-refractivity contribution < 1.29 is 0 Å². The minimum atomic E-state index is 0.545. The second-order valence-electron chi connectivity index (χ2n) is 6.86. The number of para-hydroxylation sites is 1. The Hall–Kier alpha value is -2.87. The first kappa shape index (κ1) is 18.5. The third-order valence-corrected chi connectivity index (χ3v) is 5.97. The summed E-state index contributed by atoms with van der Waals surface area (Å²) in [4.78, 5) is 13.5. The highest BCUT2D eigenvalue weighted by Crippen LogP contribution is 2.20. The Bertz CT molecular complexity index is 939. The van der Waals surface area contributed by atoms with Gasteiger partial charge in [0.1, 0.15) is 0 Å². The molecular weight excluding hydrogens is 370 g/mol. The zero-order valence-electron chi connectivity index (χ0n) is 16.2. The van der Waals surface area contributed by atoms with Crippen molar-refractivity contribution in [3.63, 3.8) is 0 Å². The molecule has 0 amide bonds. The molecule has 0 radical (unpaired) electrons. The van der Waals surface area contributed by atoms with E-state index in [1.807, 2.05) is 41.4 Å². The van der Waals surface area contributed by atoms with Crippen LogP contribution in [0.5, 0.6) is 0 Å². The Labute approximate surface area is 169 Å². The van der Waals surface area contributed by atoms with Crippen molar-refractivity contribution in [3.05, 3.63) is 58.9 Å². The fourth-order valence-electron chi connectivity index (χ4n) is 3.48. The summed E-state index contributed by atoms with van der Waals surface area (Å²) in [6.07, 6.45) is 1.85. The number of nitrogens with two attached hydrogens (primary N) is 1. The number of hydrogen-bond donors (Lipinski definition) is 1. The Morgan fingerprint density at radius 3 is 2.57 bits per heavy atom. The molecule has 1 fully saturated rings. The molecule has 0 atom stereocenters. The number of aromatic nitrogens is 3. The number of guanidine groups is 1. The highest BCUT2D eigenvalue weighted by atomic mass is 32.1. The van der Waals surface area contributed by atoms with E-state index < -0.39 is 0 Å². The average molecular weight is 396 g/mol. The number of aryl methyl sites for hydroxylation is 1. The lowest BCUT2D eigenvalue weighted by Gasteiger charge is -2.35. The lowest BCUT2D eigenvalue weighted by atomic mass is 10.2. The minimum Gasteiger partial charge on any atom is -0.370 e. The number of piperazine rings is 1. The van der Waals surface area contributed by atoms with E-state index in [1.165, 1.54) is 0 Å². The van der Waals surface area contributed by atoms with Gasteiger partial charge in [-0.3, -0.25) is 0 Å². The van der Waals surface area contributed by atoms with Crippen molar-refractivity contribution in [1.82, 2.24) is 19.7 Å². The second-order valence-corrected chi connectivity index (χ2v) is 7.73. The SMILES string of the molecule is Cc1nn(-c2ccccc2)c(C)c1CN=C(N)N1CCN(c2nccs2)CC1. The molecule has 1 aromatic carbocycles. The number of rotatable bonds is 4. The van der Waals surface area contributed by atoms with Crippen molar-refractivity contribution in [2.24, 2.45) is 10.7 Å². The molecule has 7 nitrogen and oxygen atoms in total. The Balaban J connectivity index is 1.42. The molecule has 1 saturated heterocycles. The first-order valence-electron chi connectivity index (χ1n) is 9.43. The van der Waals surface area contributed by atoms with Crippen LogP contribution in [-0.2, 0) is 6.54 Å². The van der Waals surface area contributed by atoms with Crippen LogP contribution in [0.15, 0.2) is 46.9 Å². The number of nitrogens with zero attached hydrogens (tertiary/aromatic N) is 6. The average Bonchev–Trinajstić information content (AvgIpc) is 3.36. The summed E-state index contributed by atoms with van der Waals surface area (Å²) in [6, 6.07) is 10.2. The summed E-state index contributed by atoms with van der Waals surface area (Å²) >= 11 is 1.68. The van der Waals surface area contributed by atoms with Gasteiger partial charge in [-0.15, -0.1) is 11.3 Å². The minimum absolute atomic E-state index is 0.545. The highest BCUT2D eigenvalue weighted by Gasteiger charge is 2.20. The topological polar surface area (TPSA) is 75.6 Å². The van der Waals surface area contributed by atoms with Gasteiger partial charge in [-0.1, -0.05) is 18.2 Å². The third kappa shape index (κ3) is 3.73. The van der Waals surface area contributed by atoms with Gasteiger partial charge in [0, 0.05) is 49.0 Å². The zero-order valence-corrected chi connectivity index (χ0v) is 17.1. The molecule has 28 heavy (non-hydrogen) atoms. The van der Waals surface area contributed by atoms with E-state index in [4.69, 9.17) is 5.73 Å². The monoisotopic (exact) mass is 395 g/mol. The quantitative estimate of drug-likeness (QED) is 0.543. The molecule has 2 aromatic heterocycles. The summed E-state index contributed by atoms with van der Waals surface area (Å²) in [7, 11) is 0. The fourth-order valence-corrected chi connectivity index (χ4v) is 4.18. The van der Waals surface area contributed by atoms with Gasteiger partial charge < -0.3 is 15.5 Å². The van der Waals surface area contributed by atoms with Gasteiger partial charge >= 0.3 is 0 Å². The molecule has 3 aromatic rings. The van der Waals surface area contributed by atoms with Gasteiger partial charge in [0.25, 0.3) is 0 Å². The molecule has 0 bridgehead atoms. The van der Waals surface area contributed by atoms with Crippen LogP contribution in [0.25, 0.3) is 5.69 Å². The largest absolute Gasteiger partial charge is 0.370 e. The third-order valence-electron chi connectivity index (χ3n) is 5.13. The predicted octanol–water partition coefficient (Wildman–Crippen LogP) is 2.58. The van der Waals surface area contributed by atoms with Gasteiger partial charge in [-0.2, -0.15) is 5.10 Å². The molecule has 0 unspecified atom stereocenters. The maximum atomic E-state index is 6.30. The number of thiazole rings is 1. The van der Waals surface area contributed by atoms with Gasteiger partial charge in [-0.25, -0.2) is 14.7 Å². The number of anilines is 1. The molecule has 1 aliphatic rings. The van der Waals surface area contributed by atoms with Crippen LogP contribution in [0, 0.1) is 13.8 Å². The fraction of sp³-hybridized carbons (Fsp3) is 0.350. The van der Waals surface area contributed by atoms with E-state index in [0.29, 0.717) is 12.5 Å². The van der Waals surface area contributed by atoms with Gasteiger partial charge in [0.05, 0.1) is 17.9 Å². The number of benzene rings is 1. The molecule has 4 rings (SSSR count). The molecule has 0 aliphatic carbocycles. The molecule has 2 N–H and O–H groups in total. The molecule has 0 saturated carbocycles. The van der Waals surface area contributed by atoms with Gasteiger partial charge in [0.15, 0.2) is 11.1 Å². The summed E-state index contributed by atoms with van der Waals surface area (Å²) in [5, 5.41) is 7.78. The van der Waals surface area contributed by atoms with Gasteiger partial charge in [-0.05, 0) is 26.0 Å². The van der Waals surface area contributed by atoms with Crippen LogP contribution in [0.4, 0.5) is 5.13 Å². The first-order chi connectivity index (χ1) is 13.6. The first-order valence-corrected chi connectivity index (χ1v) is 10.3. The molecular formula is C20H25N7S. The lowest BCUT2D eigenvalue weighted by molar-refractivity contribution is 0.380. The van der Waals surface area contributed by atoms with E-state index >= 15 is 0 Å². The maximum Gasteiger partial charge on any atom is 0.191 e. The Morgan fingerprint density at radius 2 is 1.89 bits per heavy atom. The molecule has 8 heteroatoms. The summed E-state index contributed by atoms with van der Waals surface area (Å²) in [5.41, 5.74) is 10.6. The Morgan fingerprint density at radius 1 is 1.14 bits per heavy atom. The van der Waals surface area contributed by atoms with Gasteiger partial charge in [0.2, 0.25) is 0 Å². The van der Waals surface area contributed by atoms with Crippen LogP contribution in [0.1, 0.15) is 17.0 Å². The molecule has 146 valence electrons. The second kappa shape index (κ2) is 8.02. The highest BCUT2D eigenvalue weighted by molar-refractivity contribution is 7.13. The summed E-state index contributed by atoms with van der Waals surface area (Å²) in [5.74, 6) is 0.602. The van der Waals surface area contributed by atoms with E-state index in [9.17, 15) is 0 Å². The van der Waals surface area contributed by atoms with Crippen molar-refractivity contribution in [2.45, 2.75) is 20.4 Å². The van der Waals surface area contributed by atoms with E-state index in [0.717, 1.165) is 53.9 Å². The lowest BCUT2D eigenvalue weighted by Crippen LogP contribution is -2.51. The van der Waals surface area contributed by atoms with Crippen molar-refractivity contribution in [3.8, 4) is 5.69 Å². The predicted molar refractivity (Wildman–Crippen MR) is 114 cm³/mol. The van der Waals surface area contributed by atoms with Crippen LogP contribution < -0.4 is 10.6 Å². The zero-order chi connectivity index (χ0) is 19.5. The van der Waals surface area contributed by atoms with Crippen LogP contribution in [0.3, 0.4) is 0 Å². The number of aliphatic imine (C=N–C) groups is 1. The summed E-state index contributed by atoms with van der Waals surface area (Å²) < 4.78 is 1.98. The smallest absolute Gasteiger partial charge is 0.191 e. The standard InChI is InChI=1S/C20H25N7S/c1-15-18(16(2)27(24-15)17-6-4-3-5-7-17)14-23-19(21)25-9-11-26(12-10-25)20-22-8-13-28-20/h3-8,13H,9-12,14H2,1-2H3,(H2,21,23). The van der Waals surface area contributed by atoms with Crippen molar-refractivity contribution in [1.29, 1.82) is 0 Å². The Kier molecular flexibility index (Phi) is 5.29. The van der Waals surface area contributed by atoms with E-state index in [-0.39, 0.29) is 0 Å². The molecule has 1 aliphatic heterocycles. The molecule has 3 heterocycles. The van der Waals surface area contributed by atoms with Crippen LogP contribution in [-0.4, -0.2) is 51.8 Å². The van der Waals surface area contributed by atoms with Crippen LogP contribution in [0.2, 0.25) is 0 Å². The van der Waals surface area contributed by atoms with Crippen molar-refractivity contribution >= 4 is 22.4 Å². The van der Waals surface area contributed by atoms with Crippen LogP contribution >= 0.6 is 11.3 Å². The molecule has 0 spiro atoms. The summed E-state index contributed by atoms with van der Waals surface area (Å²) in [6.45, 7) is 8.19. The van der Waals surface area contributed by atoms with Crippen molar-refractivity contribution in [2.75, 3.05) is 31.1 Å². The van der Waals surface area contributed by atoms with E-state index in [2.05, 4.69) is 43.9 Å². The van der Waals surface area contributed by atoms with E-state index in [1.54, 1.807) is 11.3 Å². The number of hydrogen-bond acceptors (Lipinski definition) is 5. The maximum absolute atomic E-state index is 6.30. The normalized spacial score (nSPS) is 15.3.